The molecule has 0 aliphatic carbocycles. The third-order valence-corrected chi connectivity index (χ3v) is 5.95. The lowest BCUT2D eigenvalue weighted by Gasteiger charge is -2.07. The normalized spacial score (nSPS) is 10.7. The van der Waals surface area contributed by atoms with E-state index < -0.39 is 0 Å². The van der Waals surface area contributed by atoms with Crippen LogP contribution >= 0.6 is 11.3 Å². The fourth-order valence-electron chi connectivity index (χ4n) is 3.39. The predicted octanol–water partition coefficient (Wildman–Crippen LogP) is 2.55. The first-order valence-corrected chi connectivity index (χ1v) is 11.7. The summed E-state index contributed by atoms with van der Waals surface area (Å²) in [6, 6.07) is 17.5. The number of pyridine rings is 1. The molecule has 0 fully saturated rings. The standard InChI is InChI=1S/C25H24N6O3S/c26-9-11-31-10-8-18(13-23(31)33)17-2-1-3-19(12-17)21-15-35-25(29-21)30-22(32)14-28-24(34)16-4-6-20(27)7-5-16/h1-8,10,12-13,15H,9,11,14,26-27H2,(H,28,34)(H,29,30,32). The highest BCUT2D eigenvalue weighted by atomic mass is 32.1. The molecule has 178 valence electrons. The van der Waals surface area contributed by atoms with Gasteiger partial charge in [0.25, 0.3) is 11.5 Å². The fraction of sp³-hybridized carbons (Fsp3) is 0.120. The molecule has 35 heavy (non-hydrogen) atoms. The second-order valence-corrected chi connectivity index (χ2v) is 8.57. The Morgan fingerprint density at radius 2 is 1.74 bits per heavy atom. The van der Waals surface area contributed by atoms with Gasteiger partial charge in [-0.2, -0.15) is 0 Å². The number of carbonyl (C=O) groups excluding carboxylic acids is 2. The van der Waals surface area contributed by atoms with Crippen molar-refractivity contribution in [1.29, 1.82) is 0 Å². The Hall–Kier alpha value is -4.28. The van der Waals surface area contributed by atoms with Gasteiger partial charge in [-0.05, 0) is 47.5 Å². The first kappa shape index (κ1) is 23.9. The molecule has 9 nitrogen and oxygen atoms in total. The Morgan fingerprint density at radius 1 is 1.00 bits per heavy atom. The van der Waals surface area contributed by atoms with Gasteiger partial charge in [0, 0.05) is 47.5 Å². The van der Waals surface area contributed by atoms with Crippen LogP contribution in [0, 0.1) is 0 Å². The molecule has 4 aromatic rings. The molecular formula is C25H24N6O3S. The number of carbonyl (C=O) groups is 2. The highest BCUT2D eigenvalue weighted by Gasteiger charge is 2.12. The van der Waals surface area contributed by atoms with Crippen LogP contribution in [-0.2, 0) is 11.3 Å². The van der Waals surface area contributed by atoms with Crippen LogP contribution in [0.5, 0.6) is 0 Å². The van der Waals surface area contributed by atoms with E-state index in [9.17, 15) is 14.4 Å². The zero-order valence-corrected chi connectivity index (χ0v) is 19.5. The molecule has 0 saturated heterocycles. The summed E-state index contributed by atoms with van der Waals surface area (Å²) in [4.78, 5) is 41.2. The molecule has 0 unspecified atom stereocenters. The topological polar surface area (TPSA) is 145 Å². The van der Waals surface area contributed by atoms with Gasteiger partial charge in [0.2, 0.25) is 5.91 Å². The second kappa shape index (κ2) is 10.8. The fourth-order valence-corrected chi connectivity index (χ4v) is 4.13. The number of nitrogens with one attached hydrogen (secondary N) is 2. The molecule has 2 aromatic carbocycles. The summed E-state index contributed by atoms with van der Waals surface area (Å²) in [5.41, 5.74) is 15.2. The molecule has 0 aliphatic heterocycles. The lowest BCUT2D eigenvalue weighted by Crippen LogP contribution is -2.32. The van der Waals surface area contributed by atoms with E-state index in [1.54, 1.807) is 41.1 Å². The van der Waals surface area contributed by atoms with Crippen LogP contribution in [0.4, 0.5) is 10.8 Å². The quantitative estimate of drug-likeness (QED) is 0.281. The number of hydrogen-bond acceptors (Lipinski definition) is 7. The van der Waals surface area contributed by atoms with Crippen LogP contribution in [0.3, 0.4) is 0 Å². The number of benzene rings is 2. The Morgan fingerprint density at radius 3 is 2.49 bits per heavy atom. The SMILES string of the molecule is NCCn1ccc(-c2cccc(-c3csc(NC(=O)CNC(=O)c4ccc(N)cc4)n3)c2)cc1=O. The summed E-state index contributed by atoms with van der Waals surface area (Å²) in [5, 5.41) is 7.52. The molecule has 2 amide bonds. The molecule has 4 rings (SSSR count). The Kier molecular flexibility index (Phi) is 7.34. The van der Waals surface area contributed by atoms with Gasteiger partial charge in [-0.3, -0.25) is 14.4 Å². The van der Waals surface area contributed by atoms with Crippen molar-refractivity contribution in [2.75, 3.05) is 24.1 Å². The molecule has 6 N–H and O–H groups in total. The van der Waals surface area contributed by atoms with E-state index in [-0.39, 0.29) is 23.9 Å². The van der Waals surface area contributed by atoms with E-state index in [2.05, 4.69) is 15.6 Å². The summed E-state index contributed by atoms with van der Waals surface area (Å²) >= 11 is 1.28. The zero-order valence-electron chi connectivity index (χ0n) is 18.7. The van der Waals surface area contributed by atoms with E-state index in [1.165, 1.54) is 11.3 Å². The maximum absolute atomic E-state index is 12.3. The van der Waals surface area contributed by atoms with Gasteiger partial charge in [0.1, 0.15) is 0 Å². The minimum absolute atomic E-state index is 0.111. The molecule has 0 bridgehead atoms. The molecule has 0 radical (unpaired) electrons. The predicted molar refractivity (Wildman–Crippen MR) is 138 cm³/mol. The molecule has 0 aliphatic rings. The first-order chi connectivity index (χ1) is 16.9. The van der Waals surface area contributed by atoms with Crippen LogP contribution < -0.4 is 27.7 Å². The molecule has 0 spiro atoms. The Labute approximate surface area is 205 Å². The second-order valence-electron chi connectivity index (χ2n) is 7.71. The van der Waals surface area contributed by atoms with E-state index in [1.807, 2.05) is 35.7 Å². The van der Waals surface area contributed by atoms with Crippen LogP contribution in [0.1, 0.15) is 10.4 Å². The number of amides is 2. The third-order valence-electron chi connectivity index (χ3n) is 5.19. The van der Waals surface area contributed by atoms with Crippen LogP contribution in [0.15, 0.2) is 77.0 Å². The van der Waals surface area contributed by atoms with Crippen LogP contribution in [-0.4, -0.2) is 34.5 Å². The third kappa shape index (κ3) is 5.99. The molecule has 0 atom stereocenters. The van der Waals surface area contributed by atoms with Crippen LogP contribution in [0.25, 0.3) is 22.4 Å². The molecular weight excluding hydrogens is 464 g/mol. The van der Waals surface area contributed by atoms with Gasteiger partial charge < -0.3 is 26.7 Å². The van der Waals surface area contributed by atoms with Crippen molar-refractivity contribution in [2.24, 2.45) is 5.73 Å². The number of nitrogens with two attached hydrogens (primary N) is 2. The number of rotatable bonds is 8. The van der Waals surface area contributed by atoms with Crippen molar-refractivity contribution in [1.82, 2.24) is 14.9 Å². The first-order valence-electron chi connectivity index (χ1n) is 10.8. The Bertz CT molecular complexity index is 1410. The van der Waals surface area contributed by atoms with Crippen LogP contribution in [0.2, 0.25) is 0 Å². The van der Waals surface area contributed by atoms with E-state index in [0.717, 1.165) is 16.7 Å². The average Bonchev–Trinajstić information content (AvgIpc) is 3.33. The van der Waals surface area contributed by atoms with Gasteiger partial charge in [0.15, 0.2) is 5.13 Å². The van der Waals surface area contributed by atoms with E-state index in [4.69, 9.17) is 11.5 Å². The molecule has 10 heteroatoms. The lowest BCUT2D eigenvalue weighted by atomic mass is 10.0. The summed E-state index contributed by atoms with van der Waals surface area (Å²) in [6.07, 6.45) is 1.74. The Balaban J connectivity index is 1.40. The number of thiazole rings is 1. The van der Waals surface area contributed by atoms with Gasteiger partial charge in [-0.25, -0.2) is 4.98 Å². The molecule has 2 aromatic heterocycles. The number of hydrogen-bond donors (Lipinski definition) is 4. The number of nitrogens with zero attached hydrogens (tertiary/aromatic N) is 2. The largest absolute Gasteiger partial charge is 0.399 e. The van der Waals surface area contributed by atoms with Crippen molar-refractivity contribution in [3.8, 4) is 22.4 Å². The zero-order chi connectivity index (χ0) is 24.8. The monoisotopic (exact) mass is 488 g/mol. The highest BCUT2D eigenvalue weighted by Crippen LogP contribution is 2.28. The number of anilines is 2. The summed E-state index contributed by atoms with van der Waals surface area (Å²) < 4.78 is 1.57. The molecule has 0 saturated carbocycles. The minimum atomic E-state index is -0.388. The summed E-state index contributed by atoms with van der Waals surface area (Å²) in [5.74, 6) is -0.756. The smallest absolute Gasteiger partial charge is 0.251 e. The number of aromatic nitrogens is 2. The highest BCUT2D eigenvalue weighted by molar-refractivity contribution is 7.14. The average molecular weight is 489 g/mol. The van der Waals surface area contributed by atoms with Crippen molar-refractivity contribution in [3.63, 3.8) is 0 Å². The van der Waals surface area contributed by atoms with Crippen molar-refractivity contribution in [3.05, 3.63) is 88.2 Å². The summed E-state index contributed by atoms with van der Waals surface area (Å²) in [7, 11) is 0. The maximum Gasteiger partial charge on any atom is 0.251 e. The van der Waals surface area contributed by atoms with Crippen molar-refractivity contribution >= 4 is 34.0 Å². The van der Waals surface area contributed by atoms with Gasteiger partial charge in [-0.15, -0.1) is 11.3 Å². The van der Waals surface area contributed by atoms with E-state index >= 15 is 0 Å². The van der Waals surface area contributed by atoms with Gasteiger partial charge in [0.05, 0.1) is 12.2 Å². The van der Waals surface area contributed by atoms with Gasteiger partial charge in [-0.1, -0.05) is 18.2 Å². The van der Waals surface area contributed by atoms with Crippen molar-refractivity contribution < 1.29 is 9.59 Å². The summed E-state index contributed by atoms with van der Waals surface area (Å²) in [6.45, 7) is 0.674. The van der Waals surface area contributed by atoms with Crippen molar-refractivity contribution in [2.45, 2.75) is 6.54 Å². The van der Waals surface area contributed by atoms with E-state index in [0.29, 0.717) is 35.2 Å². The number of nitrogen functional groups attached to an aromatic ring is 1. The minimum Gasteiger partial charge on any atom is -0.399 e. The lowest BCUT2D eigenvalue weighted by molar-refractivity contribution is -0.115. The maximum atomic E-state index is 12.3. The molecule has 2 heterocycles. The van der Waals surface area contributed by atoms with Gasteiger partial charge >= 0.3 is 0 Å².